The van der Waals surface area contributed by atoms with E-state index in [1.807, 2.05) is 60.6 Å². The minimum Gasteiger partial charge on any atom is -0.392 e. The summed E-state index contributed by atoms with van der Waals surface area (Å²) in [5, 5.41) is 27.1. The zero-order valence-electron chi connectivity index (χ0n) is 104. The summed E-state index contributed by atoms with van der Waals surface area (Å²) in [7, 11) is 0.195. The van der Waals surface area contributed by atoms with Gasteiger partial charge in [0.2, 0.25) is 0 Å². The lowest BCUT2D eigenvalue weighted by Gasteiger charge is -2.38. The first kappa shape index (κ1) is 163. The van der Waals surface area contributed by atoms with Gasteiger partial charge in [0, 0.05) is 85.3 Å². The zero-order chi connectivity index (χ0) is 120. The average molecular weight is 2330 g/mol. The molecule has 1 unspecified atom stereocenters. The van der Waals surface area contributed by atoms with Crippen molar-refractivity contribution in [3.05, 3.63) is 80.1 Å². The predicted molar refractivity (Wildman–Crippen MR) is 648 cm³/mol. The largest absolute Gasteiger partial charge is 0.412 e. The van der Waals surface area contributed by atoms with Crippen LogP contribution in [-0.4, -0.2) is 209 Å². The number of halogens is 7. The molecule has 16 nitrogen and oxygen atoms in total. The van der Waals surface area contributed by atoms with Crippen LogP contribution >= 0.6 is 30.2 Å². The number of terminal acetylenes is 2. The van der Waals surface area contributed by atoms with Crippen LogP contribution in [-0.2, 0) is 61.2 Å². The molecule has 28 heteroatoms. The van der Waals surface area contributed by atoms with Crippen molar-refractivity contribution in [3.63, 3.8) is 0 Å². The number of ketones is 2. The van der Waals surface area contributed by atoms with Crippen molar-refractivity contribution in [3.8, 4) is 70.5 Å². The summed E-state index contributed by atoms with van der Waals surface area (Å²) in [4.78, 5) is 33.6. The Kier molecular flexibility index (Phi) is 96.0. The van der Waals surface area contributed by atoms with Gasteiger partial charge in [0.1, 0.15) is 86.6 Å². The third-order valence-electron chi connectivity index (χ3n) is 28.7. The molecule has 150 heavy (non-hydrogen) atoms. The first-order valence-corrected chi connectivity index (χ1v) is 66.6. The highest BCUT2D eigenvalue weighted by molar-refractivity contribution is 14.1. The second-order valence-corrected chi connectivity index (χ2v) is 67.8. The number of carbonyl (C=O) groups excluding carboxylic acids is 3. The number of carbonyl (C=O) groups is 3. The van der Waals surface area contributed by atoms with E-state index in [4.69, 9.17) is 56.2 Å². The number of alkyl halides is 6. The molecule has 0 saturated heterocycles. The van der Waals surface area contributed by atoms with Gasteiger partial charge in [0.25, 0.3) is 0 Å². The van der Waals surface area contributed by atoms with Crippen LogP contribution < -0.4 is 0 Å². The molecule has 3 N–H and O–H groups in total. The SMILES string of the molecule is C#C[C@@H](OC)[C@@H](/C=C(/C)CC)CC.C#C[C@@H](OC)[C@@H](/C=C(/C)CO)CC.C/C=C/[C@@H](CC)[C@@H](C#C[Si](C(C)C)(C(C)C)C(C)C)OC.CC.CC(=O)C(C)P(=O)(OCC(F)(F)F)OCC(F)(F)F.CC[C@H](/C=C(/C)C(C)=O)[C@@H](C#C[Si](C(C)C)(C(C)C)C(C)C)OC.CC[C@H](/C=C(/C)CO)[C@@H](C#C[Si](C(C)C)(C(C)C)C(C)C)OC.CC[C@H](/C=C(/C)CO)[C@H](OC)/C(C)=C/I.CC[C@H](C=O)[C@@H](C#C[Si](C(C)C)(C(C)C)C(C)C)OC. The Hall–Kier alpha value is -4.52. The fourth-order valence-electron chi connectivity index (χ4n) is 19.5. The minimum atomic E-state index is -4.91. The standard InChI is InChI=1S/C21H38O2Si.C20H38O2Si.C19H36OSi.C17H32O2Si.C12H21IO2.C12H20O.C11H18O2.C8H11F6O4P.C2H6/c1-11-20(14-18(8)19(9)22)21(23-10)12-13-24(15(2)3,16(4)5)17(6)7;1-10-19(13-18(8)14-21)20(22-9)11-12-23(15(2)3,16(4)5)17(6)7;1-10-12-18(11-2)19(20-9)13-14-21(15(3)4,16(5)6)17(7)8;1-9-16(12-18)17(19-8)10-11-20(13(2)3,14(4)5)15(6)7;1-5-11(6-9(2)8-14)12(15-4)10(3)7-13;1-6-10(4)9-11(7-2)12(8-3)13-5;1-5-10(7-9(3)8-12)11(6-2)13-4;1-5(15)6(2)19(16,17-3-7(9,10)11)18-4-8(12,13)14;1-2/h14-17,20-21H,11H2,1-10H3;13,15-17,19-21H,10,14H2,1-9H3;10,12,15-19H,11H2,1-9H3;12-17H,9H2,1-8H3;6-7,11-12,14H,5,8H2,1-4H3;3,9,11-12H,6-7H2,1-2,4-5H3;2,7,10-12H,5,8H2,1,3-4H3;6H,3-4H2,1-2H3;1-2H3/b18-14-;18-13-;12-10+;;9-6-,10-7+;10-9-;9-7-;;/t20-,21-;19-,20-;18-,19-;16-,17-;2*11-,12-;10-,11-;;/m1111111../s1. The van der Waals surface area contributed by atoms with Crippen LogP contribution in [0.5, 0.6) is 0 Å². The average Bonchev–Trinajstić information content (AvgIpc) is 0.811. The molecule has 0 bridgehead atoms. The number of allylic oxidation sites excluding steroid dienone is 3. The Balaban J connectivity index is -0.000000218. The fraction of sp³-hybridized carbons (Fsp3) is 0.762. The Morgan fingerprint density at radius 2 is 0.593 bits per heavy atom. The molecular formula is C122H220F6IO16PSi4. The van der Waals surface area contributed by atoms with Gasteiger partial charge < -0.3 is 53.3 Å². The molecule has 0 amide bonds. The summed E-state index contributed by atoms with van der Waals surface area (Å²) >= 11 is 2.23. The second kappa shape index (κ2) is 88.3. The van der Waals surface area contributed by atoms with Crippen molar-refractivity contribution < 1.29 is 103 Å². The number of methoxy groups -OCH3 is 7. The van der Waals surface area contributed by atoms with Gasteiger partial charge in [0.15, 0.2) is 19.0 Å². The quantitative estimate of drug-likeness (QED) is 0.00755. The highest BCUT2D eigenvalue weighted by Gasteiger charge is 2.48. The van der Waals surface area contributed by atoms with Crippen LogP contribution in [0.4, 0.5) is 26.3 Å². The lowest BCUT2D eigenvalue weighted by molar-refractivity contribution is -0.166. The molecule has 0 aliphatic carbocycles. The summed E-state index contributed by atoms with van der Waals surface area (Å²) < 4.78 is 132. The molecule has 0 aromatic heterocycles. The minimum absolute atomic E-state index is 0.0225. The van der Waals surface area contributed by atoms with E-state index in [1.54, 1.807) is 56.7 Å². The maximum absolute atomic E-state index is 11.9. The summed E-state index contributed by atoms with van der Waals surface area (Å²) in [5.74, 6) is 19.8. The monoisotopic (exact) mass is 2330 g/mol. The van der Waals surface area contributed by atoms with Gasteiger partial charge >= 0.3 is 19.9 Å². The number of aliphatic hydroxyl groups excluding tert-OH is 3. The fourth-order valence-corrected chi connectivity index (χ4v) is 42.5. The molecule has 0 fully saturated rings. The van der Waals surface area contributed by atoms with Crippen molar-refractivity contribution >= 4 is 80.3 Å². The number of hydrogen-bond donors (Lipinski definition) is 3. The molecule has 0 radical (unpaired) electrons. The zero-order valence-corrected chi connectivity index (χ0v) is 111. The Labute approximate surface area is 934 Å². The third kappa shape index (κ3) is 61.0. The molecule has 0 aliphatic heterocycles. The van der Waals surface area contributed by atoms with E-state index >= 15 is 0 Å². The number of aliphatic hydroxyl groups is 3. The maximum atomic E-state index is 11.9. The van der Waals surface area contributed by atoms with E-state index in [0.717, 1.165) is 93.8 Å². The van der Waals surface area contributed by atoms with E-state index < -0.39 is 76.9 Å². The van der Waals surface area contributed by atoms with Gasteiger partial charge in [-0.2, -0.15) is 26.3 Å². The van der Waals surface area contributed by atoms with Gasteiger partial charge in [-0.15, -0.1) is 35.0 Å². The van der Waals surface area contributed by atoms with E-state index in [1.165, 1.54) is 11.1 Å². The topological polar surface area (TPSA) is 212 Å². The highest BCUT2D eigenvalue weighted by atomic mass is 127. The van der Waals surface area contributed by atoms with E-state index in [2.05, 4.69) is 359 Å². The van der Waals surface area contributed by atoms with Crippen LogP contribution in [0.1, 0.15) is 356 Å². The van der Waals surface area contributed by atoms with Crippen molar-refractivity contribution in [2.75, 3.05) is 82.8 Å². The van der Waals surface area contributed by atoms with E-state index in [9.17, 15) is 50.4 Å². The highest BCUT2D eigenvalue weighted by Crippen LogP contribution is 2.55. The van der Waals surface area contributed by atoms with Crippen molar-refractivity contribution in [2.24, 2.45) is 41.4 Å². The second-order valence-electron chi connectivity index (χ2n) is 42.5. The van der Waals surface area contributed by atoms with Crippen LogP contribution in [0.25, 0.3) is 0 Å². The molecule has 0 heterocycles. The Morgan fingerprint density at radius 3 is 0.773 bits per heavy atom. The van der Waals surface area contributed by atoms with Gasteiger partial charge in [-0.25, -0.2) is 0 Å². The molecule has 874 valence electrons. The van der Waals surface area contributed by atoms with Crippen LogP contribution in [0.15, 0.2) is 80.1 Å². The molecule has 0 spiro atoms. The first-order valence-electron chi connectivity index (χ1n) is 54.8. The molecule has 0 aromatic carbocycles. The Morgan fingerprint density at radius 1 is 0.367 bits per heavy atom. The van der Waals surface area contributed by atoms with Gasteiger partial charge in [-0.3, -0.25) is 23.2 Å². The summed E-state index contributed by atoms with van der Waals surface area (Å²) in [6, 6.07) is 0. The normalized spacial score (nSPS) is 15.7. The molecule has 0 aromatic rings. The molecule has 0 saturated carbocycles. The lowest BCUT2D eigenvalue weighted by Crippen LogP contribution is -2.43. The van der Waals surface area contributed by atoms with Crippen LogP contribution in [0.2, 0.25) is 66.5 Å². The number of rotatable bonds is 52. The van der Waals surface area contributed by atoms with E-state index in [-0.39, 0.29) is 92.0 Å². The number of ether oxygens (including phenoxy) is 7. The molecule has 15 atom stereocenters. The first-order chi connectivity index (χ1) is 69.5. The lowest BCUT2D eigenvalue weighted by atomic mass is 9.93. The van der Waals surface area contributed by atoms with Crippen molar-refractivity contribution in [1.82, 2.24) is 0 Å². The van der Waals surface area contributed by atoms with Crippen molar-refractivity contribution in [1.29, 1.82) is 0 Å². The van der Waals surface area contributed by atoms with Gasteiger partial charge in [-0.05, 0) is 202 Å². The predicted octanol–water partition coefficient (Wildman–Crippen LogP) is 33.5. The molecular weight excluding hydrogens is 2110 g/mol. The summed E-state index contributed by atoms with van der Waals surface area (Å²) in [6.45, 7) is 90.1. The Bertz CT molecular complexity index is 4080. The molecule has 0 aliphatic rings. The maximum Gasteiger partial charge on any atom is 0.412 e. The number of hydrogen-bond acceptors (Lipinski definition) is 16. The van der Waals surface area contributed by atoms with Gasteiger partial charge in [-0.1, -0.05) is 358 Å². The van der Waals surface area contributed by atoms with Crippen LogP contribution in [0.3, 0.4) is 0 Å². The van der Waals surface area contributed by atoms with Crippen molar-refractivity contribution in [2.45, 2.75) is 483 Å². The van der Waals surface area contributed by atoms with Crippen LogP contribution in [0, 0.1) is 112 Å². The van der Waals surface area contributed by atoms with Gasteiger partial charge in [0.05, 0.1) is 31.8 Å². The smallest absolute Gasteiger partial charge is 0.392 e. The number of aldehydes is 1. The third-order valence-corrected chi connectivity index (χ3v) is 57.3. The number of Topliss-reactive ketones (excluding diaryl/α,β-unsaturated/α-hetero) is 2. The summed E-state index contributed by atoms with van der Waals surface area (Å²) in [5.41, 5.74) is 27.1. The molecule has 0 rings (SSSR count). The van der Waals surface area contributed by atoms with E-state index in [0.29, 0.717) is 84.2 Å². The summed E-state index contributed by atoms with van der Waals surface area (Å²) in [6.07, 6.45) is 23.8.